The number of nitrogens with zero attached hydrogens (tertiary/aromatic N) is 1. The molecule has 1 amide bonds. The molecule has 0 atom stereocenters. The van der Waals surface area contributed by atoms with Gasteiger partial charge in [0.15, 0.2) is 0 Å². The molecule has 22 heavy (non-hydrogen) atoms. The van der Waals surface area contributed by atoms with Gasteiger partial charge < -0.3 is 4.98 Å². The zero-order valence-corrected chi connectivity index (χ0v) is 12.6. The maximum atomic E-state index is 12.2. The zero-order chi connectivity index (χ0) is 15.5. The maximum Gasteiger partial charge on any atom is 0.271 e. The van der Waals surface area contributed by atoms with Gasteiger partial charge in [-0.1, -0.05) is 30.3 Å². The normalized spacial score (nSPS) is 11.2. The van der Waals surface area contributed by atoms with E-state index in [0.717, 1.165) is 27.7 Å². The number of H-pyrrole nitrogens is 1. The van der Waals surface area contributed by atoms with Gasteiger partial charge in [0, 0.05) is 22.2 Å². The van der Waals surface area contributed by atoms with Gasteiger partial charge in [0.1, 0.15) is 0 Å². The van der Waals surface area contributed by atoms with Gasteiger partial charge in [-0.2, -0.15) is 5.10 Å². The van der Waals surface area contributed by atoms with Gasteiger partial charge in [0.25, 0.3) is 5.91 Å². The minimum Gasteiger partial charge on any atom is -0.358 e. The first-order chi connectivity index (χ1) is 10.6. The van der Waals surface area contributed by atoms with Crippen LogP contribution in [0.4, 0.5) is 0 Å². The smallest absolute Gasteiger partial charge is 0.271 e. The molecule has 110 valence electrons. The number of hydrogen-bond acceptors (Lipinski definition) is 2. The van der Waals surface area contributed by atoms with E-state index in [4.69, 9.17) is 0 Å². The summed E-state index contributed by atoms with van der Waals surface area (Å²) in [4.78, 5) is 15.5. The van der Waals surface area contributed by atoms with E-state index in [1.54, 1.807) is 12.3 Å². The lowest BCUT2D eigenvalue weighted by molar-refractivity contribution is 0.0955. The van der Waals surface area contributed by atoms with Crippen LogP contribution in [-0.4, -0.2) is 17.1 Å². The highest BCUT2D eigenvalue weighted by atomic mass is 16.2. The van der Waals surface area contributed by atoms with Gasteiger partial charge in [0.05, 0.1) is 6.21 Å². The lowest BCUT2D eigenvalue weighted by Gasteiger charge is -2.01. The number of aromatic nitrogens is 1. The Morgan fingerprint density at radius 1 is 1.14 bits per heavy atom. The number of amides is 1. The summed E-state index contributed by atoms with van der Waals surface area (Å²) in [6.45, 7) is 4.07. The minimum atomic E-state index is -0.215. The van der Waals surface area contributed by atoms with Crippen LogP contribution in [0.1, 0.15) is 27.2 Å². The predicted octanol–water partition coefficient (Wildman–Crippen LogP) is 3.55. The predicted molar refractivity (Wildman–Crippen MR) is 89.3 cm³/mol. The Balaban J connectivity index is 1.77. The maximum absolute atomic E-state index is 12.2. The van der Waals surface area contributed by atoms with Gasteiger partial charge in [-0.25, -0.2) is 5.43 Å². The Labute approximate surface area is 128 Å². The van der Waals surface area contributed by atoms with Crippen LogP contribution in [0, 0.1) is 13.8 Å². The van der Waals surface area contributed by atoms with Crippen molar-refractivity contribution < 1.29 is 4.79 Å². The average molecular weight is 291 g/mol. The van der Waals surface area contributed by atoms with Crippen LogP contribution in [0.5, 0.6) is 0 Å². The average Bonchev–Trinajstić information content (AvgIpc) is 2.83. The van der Waals surface area contributed by atoms with E-state index in [9.17, 15) is 4.79 Å². The largest absolute Gasteiger partial charge is 0.358 e. The van der Waals surface area contributed by atoms with E-state index >= 15 is 0 Å². The summed E-state index contributed by atoms with van der Waals surface area (Å²) in [7, 11) is 0. The third-order valence-corrected chi connectivity index (χ3v) is 3.75. The molecule has 2 aromatic carbocycles. The van der Waals surface area contributed by atoms with Gasteiger partial charge in [-0.3, -0.25) is 4.79 Å². The molecule has 1 aromatic heterocycles. The van der Waals surface area contributed by atoms with Crippen LogP contribution in [0.25, 0.3) is 10.9 Å². The van der Waals surface area contributed by atoms with Crippen LogP contribution in [0.15, 0.2) is 53.6 Å². The van der Waals surface area contributed by atoms with Crippen molar-refractivity contribution in [3.8, 4) is 0 Å². The monoisotopic (exact) mass is 291 g/mol. The molecule has 0 aliphatic carbocycles. The molecule has 3 aromatic rings. The number of fused-ring (bicyclic) bond motifs is 1. The number of carbonyl (C=O) groups is 1. The molecule has 0 fully saturated rings. The summed E-state index contributed by atoms with van der Waals surface area (Å²) < 4.78 is 0. The first-order valence-electron chi connectivity index (χ1n) is 7.12. The van der Waals surface area contributed by atoms with Gasteiger partial charge in [0.2, 0.25) is 0 Å². The third-order valence-electron chi connectivity index (χ3n) is 3.75. The molecule has 0 saturated heterocycles. The Kier molecular flexibility index (Phi) is 3.74. The minimum absolute atomic E-state index is 0.215. The molecule has 2 N–H and O–H groups in total. The fourth-order valence-electron chi connectivity index (χ4n) is 2.37. The second-order valence-electron chi connectivity index (χ2n) is 5.25. The van der Waals surface area contributed by atoms with Crippen molar-refractivity contribution >= 4 is 23.0 Å². The van der Waals surface area contributed by atoms with Crippen LogP contribution < -0.4 is 5.43 Å². The van der Waals surface area contributed by atoms with E-state index < -0.39 is 0 Å². The Morgan fingerprint density at radius 3 is 2.68 bits per heavy atom. The number of aromatic amines is 1. The molecule has 4 nitrogen and oxygen atoms in total. The van der Waals surface area contributed by atoms with Gasteiger partial charge in [-0.05, 0) is 43.2 Å². The molecule has 0 bridgehead atoms. The molecule has 1 heterocycles. The summed E-state index contributed by atoms with van der Waals surface area (Å²) in [6, 6.07) is 15.2. The standard InChI is InChI=1S/C18H17N3O/c1-12-13(2)20-17-9-8-15(10-16(12)17)18(22)21-19-11-14-6-4-3-5-7-14/h3-11,20H,1-2H3,(H,21,22)/b19-11+. The second-order valence-corrected chi connectivity index (χ2v) is 5.25. The molecule has 0 spiro atoms. The van der Waals surface area contributed by atoms with Crippen molar-refractivity contribution in [2.24, 2.45) is 5.10 Å². The third kappa shape index (κ3) is 2.76. The summed E-state index contributed by atoms with van der Waals surface area (Å²) in [5, 5.41) is 5.06. The van der Waals surface area contributed by atoms with E-state index in [2.05, 4.69) is 15.5 Å². The number of hydrogen-bond donors (Lipinski definition) is 2. The Morgan fingerprint density at radius 2 is 1.91 bits per heavy atom. The van der Waals surface area contributed by atoms with Crippen molar-refractivity contribution in [1.82, 2.24) is 10.4 Å². The number of carbonyl (C=O) groups excluding carboxylic acids is 1. The second kappa shape index (κ2) is 5.85. The number of benzene rings is 2. The topological polar surface area (TPSA) is 57.2 Å². The number of hydrazone groups is 1. The molecule has 4 heteroatoms. The van der Waals surface area contributed by atoms with Gasteiger partial charge in [-0.15, -0.1) is 0 Å². The molecule has 0 aliphatic heterocycles. The lowest BCUT2D eigenvalue weighted by Crippen LogP contribution is -2.17. The molecule has 3 rings (SSSR count). The van der Waals surface area contributed by atoms with Crippen LogP contribution in [0.3, 0.4) is 0 Å². The van der Waals surface area contributed by atoms with Crippen molar-refractivity contribution in [1.29, 1.82) is 0 Å². The van der Waals surface area contributed by atoms with E-state index in [0.29, 0.717) is 5.56 Å². The van der Waals surface area contributed by atoms with Crippen molar-refractivity contribution in [2.45, 2.75) is 13.8 Å². The quantitative estimate of drug-likeness (QED) is 0.562. The number of aryl methyl sites for hydroxylation is 2. The SMILES string of the molecule is Cc1[nH]c2ccc(C(=O)N/N=C/c3ccccc3)cc2c1C. The van der Waals surface area contributed by atoms with E-state index in [-0.39, 0.29) is 5.91 Å². The van der Waals surface area contributed by atoms with Crippen LogP contribution in [0.2, 0.25) is 0 Å². The lowest BCUT2D eigenvalue weighted by atomic mass is 10.1. The molecule has 0 radical (unpaired) electrons. The van der Waals surface area contributed by atoms with Gasteiger partial charge >= 0.3 is 0 Å². The van der Waals surface area contributed by atoms with Crippen molar-refractivity contribution in [3.05, 3.63) is 70.9 Å². The Bertz CT molecular complexity index is 847. The molecular formula is C18H17N3O. The number of rotatable bonds is 3. The summed E-state index contributed by atoms with van der Waals surface area (Å²) in [5.41, 5.74) is 7.42. The highest BCUT2D eigenvalue weighted by Crippen LogP contribution is 2.22. The molecule has 0 saturated carbocycles. The first-order valence-corrected chi connectivity index (χ1v) is 7.12. The van der Waals surface area contributed by atoms with Crippen molar-refractivity contribution in [2.75, 3.05) is 0 Å². The first kappa shape index (κ1) is 14.1. The van der Waals surface area contributed by atoms with E-state index in [1.165, 1.54) is 0 Å². The highest BCUT2D eigenvalue weighted by Gasteiger charge is 2.09. The summed E-state index contributed by atoms with van der Waals surface area (Å²) in [6.07, 6.45) is 1.63. The fourth-order valence-corrected chi connectivity index (χ4v) is 2.37. The summed E-state index contributed by atoms with van der Waals surface area (Å²) in [5.74, 6) is -0.215. The molecule has 0 aliphatic rings. The van der Waals surface area contributed by atoms with E-state index in [1.807, 2.05) is 56.3 Å². The Hall–Kier alpha value is -2.88. The van der Waals surface area contributed by atoms with Crippen LogP contribution in [-0.2, 0) is 0 Å². The fraction of sp³-hybridized carbons (Fsp3) is 0.111. The molecular weight excluding hydrogens is 274 g/mol. The molecule has 0 unspecified atom stereocenters. The summed E-state index contributed by atoms with van der Waals surface area (Å²) >= 11 is 0. The van der Waals surface area contributed by atoms with Crippen molar-refractivity contribution in [3.63, 3.8) is 0 Å². The zero-order valence-electron chi connectivity index (χ0n) is 12.6. The van der Waals surface area contributed by atoms with Crippen LogP contribution >= 0.6 is 0 Å². The highest BCUT2D eigenvalue weighted by molar-refractivity contribution is 5.99. The number of nitrogens with one attached hydrogen (secondary N) is 2.